The van der Waals surface area contributed by atoms with Gasteiger partial charge in [0.25, 0.3) is 0 Å². The van der Waals surface area contributed by atoms with Crippen molar-refractivity contribution >= 4 is 0 Å². The maximum absolute atomic E-state index is 5.90. The molecule has 132 valence electrons. The van der Waals surface area contributed by atoms with Crippen LogP contribution in [0.4, 0.5) is 0 Å². The van der Waals surface area contributed by atoms with Crippen LogP contribution in [0.3, 0.4) is 0 Å². The van der Waals surface area contributed by atoms with Crippen molar-refractivity contribution in [2.45, 2.75) is 51.5 Å². The van der Waals surface area contributed by atoms with Crippen molar-refractivity contribution in [1.29, 1.82) is 0 Å². The molecule has 3 heterocycles. The summed E-state index contributed by atoms with van der Waals surface area (Å²) in [4.78, 5) is 3.46. The molecule has 0 aliphatic carbocycles. The van der Waals surface area contributed by atoms with E-state index >= 15 is 0 Å². The maximum Gasteiger partial charge on any atom is 0.231 e. The minimum atomic E-state index is 0.357. The van der Waals surface area contributed by atoms with Gasteiger partial charge in [0.05, 0.1) is 19.1 Å². The molecule has 3 atom stereocenters. The Hall–Kier alpha value is -1.30. The van der Waals surface area contributed by atoms with Gasteiger partial charge in [0.15, 0.2) is 11.5 Å². The SMILES string of the molecule is C[C@@H]1C[NH+](C2CC[NH+](Cc3ccc4c(c3)OCO4)CC2)C[C@H](C)O1. The Morgan fingerprint density at radius 3 is 2.46 bits per heavy atom. The second-order valence-corrected chi connectivity index (χ2v) is 7.71. The number of fused-ring (bicyclic) bond motifs is 1. The molecule has 4 rings (SSSR count). The van der Waals surface area contributed by atoms with Gasteiger partial charge in [-0.1, -0.05) is 0 Å². The molecule has 2 N–H and O–H groups in total. The summed E-state index contributed by atoms with van der Waals surface area (Å²) in [5, 5.41) is 0. The van der Waals surface area contributed by atoms with Gasteiger partial charge in [0.1, 0.15) is 31.8 Å². The molecule has 3 aliphatic heterocycles. The van der Waals surface area contributed by atoms with Crippen LogP contribution in [0.15, 0.2) is 18.2 Å². The minimum absolute atomic E-state index is 0.357. The van der Waals surface area contributed by atoms with Gasteiger partial charge in [-0.15, -0.1) is 0 Å². The molecule has 0 aromatic heterocycles. The first-order valence-corrected chi connectivity index (χ1v) is 9.39. The summed E-state index contributed by atoms with van der Waals surface area (Å²) in [7, 11) is 0. The Morgan fingerprint density at radius 1 is 1.00 bits per heavy atom. The van der Waals surface area contributed by atoms with Gasteiger partial charge >= 0.3 is 0 Å². The van der Waals surface area contributed by atoms with E-state index in [4.69, 9.17) is 14.2 Å². The van der Waals surface area contributed by atoms with Gasteiger partial charge < -0.3 is 24.0 Å². The van der Waals surface area contributed by atoms with Gasteiger partial charge in [0, 0.05) is 18.4 Å². The van der Waals surface area contributed by atoms with Crippen LogP contribution in [0, 0.1) is 0 Å². The van der Waals surface area contributed by atoms with Crippen molar-refractivity contribution in [3.8, 4) is 11.5 Å². The van der Waals surface area contributed by atoms with Crippen molar-refractivity contribution < 1.29 is 24.0 Å². The zero-order valence-corrected chi connectivity index (χ0v) is 14.8. The molecular formula is C19H30N2O3+2. The third-order valence-corrected chi connectivity index (χ3v) is 5.73. The minimum Gasteiger partial charge on any atom is -0.454 e. The molecular weight excluding hydrogens is 304 g/mol. The van der Waals surface area contributed by atoms with Crippen molar-refractivity contribution in [3.05, 3.63) is 23.8 Å². The third-order valence-electron chi connectivity index (χ3n) is 5.73. The molecule has 0 radical (unpaired) electrons. The molecule has 0 spiro atoms. The van der Waals surface area contributed by atoms with Gasteiger partial charge in [-0.3, -0.25) is 0 Å². The molecule has 5 nitrogen and oxygen atoms in total. The van der Waals surface area contributed by atoms with E-state index in [1.165, 1.54) is 44.6 Å². The van der Waals surface area contributed by atoms with Crippen molar-refractivity contribution in [2.24, 2.45) is 0 Å². The monoisotopic (exact) mass is 334 g/mol. The summed E-state index contributed by atoms with van der Waals surface area (Å²) in [6.45, 7) is 10.8. The van der Waals surface area contributed by atoms with Crippen molar-refractivity contribution in [3.63, 3.8) is 0 Å². The Labute approximate surface area is 144 Å². The smallest absolute Gasteiger partial charge is 0.231 e. The number of hydrogen-bond donors (Lipinski definition) is 2. The first-order chi connectivity index (χ1) is 11.7. The van der Waals surface area contributed by atoms with Crippen LogP contribution in [0.1, 0.15) is 32.3 Å². The van der Waals surface area contributed by atoms with Crippen LogP contribution in [-0.4, -0.2) is 51.2 Å². The molecule has 5 heteroatoms. The maximum atomic E-state index is 5.90. The summed E-state index contributed by atoms with van der Waals surface area (Å²) < 4.78 is 16.8. The van der Waals surface area contributed by atoms with E-state index in [0.717, 1.165) is 24.1 Å². The van der Waals surface area contributed by atoms with E-state index in [0.29, 0.717) is 19.0 Å². The Bertz CT molecular complexity index is 562. The lowest BCUT2D eigenvalue weighted by Crippen LogP contribution is -3.22. The number of hydrogen-bond acceptors (Lipinski definition) is 3. The van der Waals surface area contributed by atoms with Gasteiger partial charge in [-0.2, -0.15) is 0 Å². The zero-order valence-electron chi connectivity index (χ0n) is 14.8. The first-order valence-electron chi connectivity index (χ1n) is 9.39. The fourth-order valence-corrected chi connectivity index (χ4v) is 4.60. The second-order valence-electron chi connectivity index (χ2n) is 7.71. The van der Waals surface area contributed by atoms with Gasteiger partial charge in [-0.05, 0) is 32.0 Å². The predicted molar refractivity (Wildman–Crippen MR) is 90.7 cm³/mol. The van der Waals surface area contributed by atoms with E-state index in [9.17, 15) is 0 Å². The standard InChI is InChI=1S/C19H28N2O3/c1-14-10-21(11-15(2)24-14)17-5-7-20(8-6-17)12-16-3-4-18-19(9-16)23-13-22-18/h3-4,9,14-15,17H,5-8,10-13H2,1-2H3/p+2/t14-,15+. The highest BCUT2D eigenvalue weighted by Gasteiger charge is 2.35. The number of quaternary nitrogens is 2. The number of nitrogens with one attached hydrogen (secondary N) is 2. The molecule has 2 fully saturated rings. The van der Waals surface area contributed by atoms with Crippen molar-refractivity contribution in [2.75, 3.05) is 33.0 Å². The summed E-state index contributed by atoms with van der Waals surface area (Å²) >= 11 is 0. The second kappa shape index (κ2) is 6.90. The number of likely N-dealkylation sites (tertiary alicyclic amines) is 1. The Kier molecular flexibility index (Phi) is 4.66. The number of rotatable bonds is 3. The molecule has 1 unspecified atom stereocenters. The highest BCUT2D eigenvalue weighted by atomic mass is 16.7. The topological polar surface area (TPSA) is 36.6 Å². The summed E-state index contributed by atoms with van der Waals surface area (Å²) in [5.74, 6) is 1.79. The Balaban J connectivity index is 1.30. The van der Waals surface area contributed by atoms with Crippen LogP contribution in [0.5, 0.6) is 11.5 Å². The van der Waals surface area contributed by atoms with E-state index in [1.807, 2.05) is 6.07 Å². The van der Waals surface area contributed by atoms with Gasteiger partial charge in [0.2, 0.25) is 6.79 Å². The van der Waals surface area contributed by atoms with Crippen molar-refractivity contribution in [1.82, 2.24) is 0 Å². The molecule has 2 saturated heterocycles. The molecule has 0 bridgehead atoms. The average molecular weight is 334 g/mol. The summed E-state index contributed by atoms with van der Waals surface area (Å²) in [6, 6.07) is 7.20. The highest BCUT2D eigenvalue weighted by Crippen LogP contribution is 2.32. The number of ether oxygens (including phenoxy) is 3. The normalized spacial score (nSPS) is 35.8. The van der Waals surface area contributed by atoms with Crippen LogP contribution in [-0.2, 0) is 11.3 Å². The lowest BCUT2D eigenvalue weighted by atomic mass is 10.0. The molecule has 1 aromatic rings. The fourth-order valence-electron chi connectivity index (χ4n) is 4.60. The summed E-state index contributed by atoms with van der Waals surface area (Å²) in [6.07, 6.45) is 3.47. The quantitative estimate of drug-likeness (QED) is 0.794. The van der Waals surface area contributed by atoms with Crippen LogP contribution in [0.25, 0.3) is 0 Å². The number of morpholine rings is 1. The van der Waals surface area contributed by atoms with Crippen LogP contribution in [0.2, 0.25) is 0 Å². The van der Waals surface area contributed by atoms with E-state index in [1.54, 1.807) is 9.80 Å². The number of benzene rings is 1. The van der Waals surface area contributed by atoms with E-state index in [-0.39, 0.29) is 0 Å². The van der Waals surface area contributed by atoms with Crippen LogP contribution >= 0.6 is 0 Å². The fraction of sp³-hybridized carbons (Fsp3) is 0.684. The molecule has 24 heavy (non-hydrogen) atoms. The molecule has 0 saturated carbocycles. The third kappa shape index (κ3) is 3.53. The lowest BCUT2D eigenvalue weighted by Gasteiger charge is -2.39. The largest absolute Gasteiger partial charge is 0.454 e. The van der Waals surface area contributed by atoms with E-state index in [2.05, 4.69) is 26.0 Å². The Morgan fingerprint density at radius 2 is 1.71 bits per heavy atom. The number of piperidine rings is 1. The average Bonchev–Trinajstić information content (AvgIpc) is 3.02. The highest BCUT2D eigenvalue weighted by molar-refractivity contribution is 5.44. The zero-order chi connectivity index (χ0) is 16.5. The predicted octanol–water partition coefficient (Wildman–Crippen LogP) is -0.345. The van der Waals surface area contributed by atoms with E-state index < -0.39 is 0 Å². The molecule has 0 amide bonds. The lowest BCUT2D eigenvalue weighted by molar-refractivity contribution is -0.970. The molecule has 1 aromatic carbocycles. The molecule has 3 aliphatic rings. The first kappa shape index (κ1) is 16.2. The van der Waals surface area contributed by atoms with Gasteiger partial charge in [-0.25, -0.2) is 0 Å². The summed E-state index contributed by atoms with van der Waals surface area (Å²) in [5.41, 5.74) is 1.36. The van der Waals surface area contributed by atoms with Crippen LogP contribution < -0.4 is 19.3 Å².